The van der Waals surface area contributed by atoms with Crippen LogP contribution in [0, 0.1) is 0 Å². The summed E-state index contributed by atoms with van der Waals surface area (Å²) in [5.41, 5.74) is 6.51. The zero-order valence-electron chi connectivity index (χ0n) is 9.65. The Labute approximate surface area is 101 Å². The number of hydrogen-bond donors (Lipinski definition) is 2. The second-order valence-corrected chi connectivity index (χ2v) is 5.48. The van der Waals surface area contributed by atoms with Gasteiger partial charge in [-0.2, -0.15) is 11.8 Å². The molecule has 0 aromatic carbocycles. The molecule has 2 atom stereocenters. The molecule has 1 aromatic rings. The number of nitrogens with one attached hydrogen (secondary N) is 1. The van der Waals surface area contributed by atoms with Gasteiger partial charge in [0.05, 0.1) is 0 Å². The number of rotatable bonds is 3. The lowest BCUT2D eigenvalue weighted by atomic mass is 9.95. The van der Waals surface area contributed by atoms with Crippen molar-refractivity contribution in [2.45, 2.75) is 37.0 Å². The van der Waals surface area contributed by atoms with E-state index in [-0.39, 0.29) is 0 Å². The number of hydrogen-bond acceptors (Lipinski definition) is 4. The minimum Gasteiger partial charge on any atom is -0.399 e. The predicted octanol–water partition coefficient (Wildman–Crippen LogP) is 2.75. The van der Waals surface area contributed by atoms with Gasteiger partial charge >= 0.3 is 0 Å². The van der Waals surface area contributed by atoms with Crippen LogP contribution >= 0.6 is 11.8 Å². The van der Waals surface area contributed by atoms with Crippen molar-refractivity contribution in [1.29, 1.82) is 0 Å². The van der Waals surface area contributed by atoms with Crippen LogP contribution in [0.4, 0.5) is 11.5 Å². The fourth-order valence-electron chi connectivity index (χ4n) is 2.23. The first-order valence-corrected chi connectivity index (χ1v) is 7.07. The first-order valence-electron chi connectivity index (χ1n) is 5.79. The maximum Gasteiger partial charge on any atom is 0.128 e. The fraction of sp³-hybridized carbons (Fsp3) is 0.583. The van der Waals surface area contributed by atoms with Gasteiger partial charge in [-0.15, -0.1) is 0 Å². The first-order chi connectivity index (χ1) is 7.78. The van der Waals surface area contributed by atoms with Gasteiger partial charge in [0.2, 0.25) is 0 Å². The molecule has 88 valence electrons. The van der Waals surface area contributed by atoms with Crippen LogP contribution in [0.1, 0.15) is 25.7 Å². The van der Waals surface area contributed by atoms with E-state index in [1.165, 1.54) is 25.7 Å². The van der Waals surface area contributed by atoms with Gasteiger partial charge in [0.1, 0.15) is 5.82 Å². The third-order valence-electron chi connectivity index (χ3n) is 3.10. The average molecular weight is 237 g/mol. The molecule has 0 bridgehead atoms. The van der Waals surface area contributed by atoms with E-state index in [9.17, 15) is 0 Å². The van der Waals surface area contributed by atoms with Crippen molar-refractivity contribution in [2.75, 3.05) is 17.3 Å². The third kappa shape index (κ3) is 3.04. The largest absolute Gasteiger partial charge is 0.399 e. The summed E-state index contributed by atoms with van der Waals surface area (Å²) in [7, 11) is 0. The molecule has 3 N–H and O–H groups in total. The highest BCUT2D eigenvalue weighted by Crippen LogP contribution is 2.28. The number of nitrogens with two attached hydrogens (primary N) is 1. The first kappa shape index (κ1) is 11.6. The monoisotopic (exact) mass is 237 g/mol. The highest BCUT2D eigenvalue weighted by Gasteiger charge is 2.21. The van der Waals surface area contributed by atoms with Gasteiger partial charge in [0, 0.05) is 29.2 Å². The molecule has 1 saturated carbocycles. The minimum absolute atomic E-state index is 0.556. The summed E-state index contributed by atoms with van der Waals surface area (Å²) in [5.74, 6) is 0.909. The smallest absolute Gasteiger partial charge is 0.128 e. The lowest BCUT2D eigenvalue weighted by Gasteiger charge is -2.29. The summed E-state index contributed by atoms with van der Waals surface area (Å²) in [6.07, 6.45) is 9.10. The molecule has 2 unspecified atom stereocenters. The zero-order chi connectivity index (χ0) is 11.4. The predicted molar refractivity (Wildman–Crippen MR) is 71.8 cm³/mol. The second-order valence-electron chi connectivity index (χ2n) is 4.34. The van der Waals surface area contributed by atoms with Crippen LogP contribution in [0.2, 0.25) is 0 Å². The van der Waals surface area contributed by atoms with E-state index in [4.69, 9.17) is 5.73 Å². The molecule has 1 aliphatic rings. The van der Waals surface area contributed by atoms with Crippen molar-refractivity contribution >= 4 is 23.3 Å². The lowest BCUT2D eigenvalue weighted by molar-refractivity contribution is 0.473. The summed E-state index contributed by atoms with van der Waals surface area (Å²) in [6.45, 7) is 0. The SMILES string of the molecule is CSC1CCCC(Nc2cc(N)ccn2)C1. The van der Waals surface area contributed by atoms with Gasteiger partial charge in [-0.25, -0.2) is 4.98 Å². The van der Waals surface area contributed by atoms with Crippen LogP contribution < -0.4 is 11.1 Å². The van der Waals surface area contributed by atoms with Gasteiger partial charge in [-0.1, -0.05) is 6.42 Å². The van der Waals surface area contributed by atoms with Crippen LogP contribution in [-0.4, -0.2) is 22.5 Å². The molecule has 0 radical (unpaired) electrons. The van der Waals surface area contributed by atoms with Crippen LogP contribution in [0.25, 0.3) is 0 Å². The molecule has 2 rings (SSSR count). The summed E-state index contributed by atoms with van der Waals surface area (Å²) in [5, 5.41) is 4.28. The fourth-order valence-corrected chi connectivity index (χ4v) is 3.05. The van der Waals surface area contributed by atoms with E-state index in [1.54, 1.807) is 6.20 Å². The van der Waals surface area contributed by atoms with Crippen LogP contribution in [-0.2, 0) is 0 Å². The Bertz CT molecular complexity index is 343. The molecule has 0 spiro atoms. The van der Waals surface area contributed by atoms with Crippen molar-refractivity contribution in [3.8, 4) is 0 Å². The Balaban J connectivity index is 1.94. The van der Waals surface area contributed by atoms with Gasteiger partial charge in [-0.3, -0.25) is 0 Å². The lowest BCUT2D eigenvalue weighted by Crippen LogP contribution is -2.28. The van der Waals surface area contributed by atoms with Crippen molar-refractivity contribution in [2.24, 2.45) is 0 Å². The van der Waals surface area contributed by atoms with Crippen molar-refractivity contribution in [3.63, 3.8) is 0 Å². The van der Waals surface area contributed by atoms with Gasteiger partial charge in [-0.05, 0) is 31.6 Å². The minimum atomic E-state index is 0.556. The Morgan fingerprint density at radius 3 is 3.12 bits per heavy atom. The molecular weight excluding hydrogens is 218 g/mol. The van der Waals surface area contributed by atoms with Crippen LogP contribution in [0.3, 0.4) is 0 Å². The maximum atomic E-state index is 5.73. The van der Waals surface area contributed by atoms with E-state index >= 15 is 0 Å². The van der Waals surface area contributed by atoms with E-state index < -0.39 is 0 Å². The number of nitrogens with zero attached hydrogens (tertiary/aromatic N) is 1. The topological polar surface area (TPSA) is 50.9 Å². The molecule has 1 aliphatic carbocycles. The van der Waals surface area contributed by atoms with Crippen molar-refractivity contribution in [1.82, 2.24) is 4.98 Å². The number of nitrogen functional groups attached to an aromatic ring is 1. The molecule has 0 saturated heterocycles. The normalized spacial score (nSPS) is 25.3. The highest BCUT2D eigenvalue weighted by molar-refractivity contribution is 7.99. The van der Waals surface area contributed by atoms with Crippen LogP contribution in [0.5, 0.6) is 0 Å². The number of aromatic nitrogens is 1. The number of thioether (sulfide) groups is 1. The molecule has 0 aliphatic heterocycles. The summed E-state index contributed by atoms with van der Waals surface area (Å²) in [4.78, 5) is 4.29. The molecule has 1 fully saturated rings. The maximum absolute atomic E-state index is 5.73. The molecule has 1 aromatic heterocycles. The Kier molecular flexibility index (Phi) is 3.93. The van der Waals surface area contributed by atoms with E-state index in [0.717, 1.165) is 16.8 Å². The molecular formula is C12H19N3S. The van der Waals surface area contributed by atoms with Gasteiger partial charge < -0.3 is 11.1 Å². The molecule has 0 amide bonds. The van der Waals surface area contributed by atoms with Gasteiger partial charge in [0.15, 0.2) is 0 Å². The third-order valence-corrected chi connectivity index (χ3v) is 4.19. The van der Waals surface area contributed by atoms with Crippen LogP contribution in [0.15, 0.2) is 18.3 Å². The van der Waals surface area contributed by atoms with E-state index in [2.05, 4.69) is 16.6 Å². The standard InChI is InChI=1S/C12H19N3S/c1-16-11-4-2-3-10(8-11)15-12-7-9(13)5-6-14-12/h5-7,10-11H,2-4,8H2,1H3,(H3,13,14,15). The van der Waals surface area contributed by atoms with Gasteiger partial charge in [0.25, 0.3) is 0 Å². The van der Waals surface area contributed by atoms with Crippen molar-refractivity contribution < 1.29 is 0 Å². The summed E-state index contributed by atoms with van der Waals surface area (Å²) >= 11 is 1.98. The van der Waals surface area contributed by atoms with E-state index in [1.807, 2.05) is 23.9 Å². The number of pyridine rings is 1. The molecule has 1 heterocycles. The Hall–Kier alpha value is -0.900. The average Bonchev–Trinajstić information content (AvgIpc) is 2.29. The number of anilines is 2. The molecule has 4 heteroatoms. The second kappa shape index (κ2) is 5.43. The van der Waals surface area contributed by atoms with Crippen molar-refractivity contribution in [3.05, 3.63) is 18.3 Å². The summed E-state index contributed by atoms with van der Waals surface area (Å²) < 4.78 is 0. The Morgan fingerprint density at radius 1 is 1.50 bits per heavy atom. The molecule has 3 nitrogen and oxygen atoms in total. The Morgan fingerprint density at radius 2 is 2.38 bits per heavy atom. The zero-order valence-corrected chi connectivity index (χ0v) is 10.5. The highest BCUT2D eigenvalue weighted by atomic mass is 32.2. The molecule has 16 heavy (non-hydrogen) atoms. The quantitative estimate of drug-likeness (QED) is 0.848. The summed E-state index contributed by atoms with van der Waals surface area (Å²) in [6, 6.07) is 4.28. The van der Waals surface area contributed by atoms with E-state index in [0.29, 0.717) is 6.04 Å².